The second kappa shape index (κ2) is 12.6. The number of ether oxygens (including phenoxy) is 1. The monoisotopic (exact) mass is 455 g/mol. The van der Waals surface area contributed by atoms with Crippen molar-refractivity contribution in [1.82, 2.24) is 14.4 Å². The van der Waals surface area contributed by atoms with Crippen molar-refractivity contribution in [2.45, 2.75) is 58.9 Å². The lowest BCUT2D eigenvalue weighted by Crippen LogP contribution is -2.43. The van der Waals surface area contributed by atoms with Crippen molar-refractivity contribution in [3.05, 3.63) is 59.4 Å². The average Bonchev–Trinajstić information content (AvgIpc) is 3.19. The normalized spacial score (nSPS) is 11.5. The molecule has 0 aliphatic carbocycles. The number of carbonyl (C=O) groups excluding carboxylic acids is 2. The number of methoxy groups -OCH3 is 1. The number of amides is 2. The number of benzene rings is 1. The fourth-order valence-electron chi connectivity index (χ4n) is 3.71. The van der Waals surface area contributed by atoms with E-state index in [-0.39, 0.29) is 23.8 Å². The summed E-state index contributed by atoms with van der Waals surface area (Å²) in [4.78, 5) is 30.2. The summed E-state index contributed by atoms with van der Waals surface area (Å²) >= 11 is 0. The molecule has 0 atom stereocenters. The summed E-state index contributed by atoms with van der Waals surface area (Å²) in [6.45, 7) is 10.9. The maximum Gasteiger partial charge on any atom is 0.254 e. The van der Waals surface area contributed by atoms with Gasteiger partial charge >= 0.3 is 0 Å². The molecule has 1 heterocycles. The van der Waals surface area contributed by atoms with Gasteiger partial charge in [0.1, 0.15) is 6.54 Å². The zero-order chi connectivity index (χ0) is 24.4. The molecular weight excluding hydrogens is 414 g/mol. The Hall–Kier alpha value is -2.60. The largest absolute Gasteiger partial charge is 0.385 e. The van der Waals surface area contributed by atoms with Crippen LogP contribution in [-0.4, -0.2) is 59.5 Å². The van der Waals surface area contributed by atoms with Gasteiger partial charge in [0.15, 0.2) is 0 Å². The third-order valence-corrected chi connectivity index (χ3v) is 5.93. The molecule has 0 N–H and O–H groups in total. The van der Waals surface area contributed by atoms with Crippen molar-refractivity contribution < 1.29 is 14.3 Å². The number of aryl methyl sites for hydroxylation is 1. The van der Waals surface area contributed by atoms with Gasteiger partial charge in [-0.1, -0.05) is 46.2 Å². The van der Waals surface area contributed by atoms with Gasteiger partial charge in [0.25, 0.3) is 5.91 Å². The van der Waals surface area contributed by atoms with Crippen LogP contribution in [0.15, 0.2) is 42.6 Å². The molecule has 0 spiro atoms. The minimum absolute atomic E-state index is 0.0203. The third kappa shape index (κ3) is 8.04. The molecule has 0 radical (unpaired) electrons. The van der Waals surface area contributed by atoms with Crippen LogP contribution in [0.1, 0.15) is 68.6 Å². The molecule has 0 bridgehead atoms. The highest BCUT2D eigenvalue weighted by atomic mass is 16.5. The average molecular weight is 456 g/mol. The summed E-state index contributed by atoms with van der Waals surface area (Å²) < 4.78 is 7.22. The topological polar surface area (TPSA) is 54.8 Å². The Labute approximate surface area is 199 Å². The van der Waals surface area contributed by atoms with E-state index < -0.39 is 0 Å². The Morgan fingerprint density at radius 2 is 1.67 bits per heavy atom. The number of unbranched alkanes of at least 4 members (excludes halogenated alkanes) is 1. The summed E-state index contributed by atoms with van der Waals surface area (Å²) in [7, 11) is 3.63. The minimum Gasteiger partial charge on any atom is -0.385 e. The highest BCUT2D eigenvalue weighted by molar-refractivity contribution is 5.96. The van der Waals surface area contributed by atoms with E-state index in [1.807, 2.05) is 59.1 Å². The van der Waals surface area contributed by atoms with E-state index in [4.69, 9.17) is 4.74 Å². The van der Waals surface area contributed by atoms with Gasteiger partial charge in [-0.05, 0) is 48.1 Å². The van der Waals surface area contributed by atoms with E-state index in [2.05, 4.69) is 27.7 Å². The Bertz CT molecular complexity index is 881. The van der Waals surface area contributed by atoms with Gasteiger partial charge in [0, 0.05) is 51.3 Å². The number of rotatable bonds is 12. The molecule has 0 aliphatic rings. The molecule has 0 unspecified atom stereocenters. The molecule has 0 fully saturated rings. The fourth-order valence-corrected chi connectivity index (χ4v) is 3.71. The standard InChI is InChI=1S/C27H41N3O3/c1-7-8-17-29(20-24-11-9-16-28(24)5)25(31)21-30(18-10-19-33-6)26(32)22-12-14-23(15-13-22)27(2,3)4/h9,11-16H,7-8,10,17-21H2,1-6H3. The molecule has 0 saturated carbocycles. The number of hydrogen-bond acceptors (Lipinski definition) is 3. The van der Waals surface area contributed by atoms with E-state index in [0.29, 0.717) is 38.2 Å². The van der Waals surface area contributed by atoms with Crippen LogP contribution in [0.4, 0.5) is 0 Å². The smallest absolute Gasteiger partial charge is 0.254 e. The van der Waals surface area contributed by atoms with Crippen LogP contribution in [0.5, 0.6) is 0 Å². The number of aromatic nitrogens is 1. The summed E-state index contributed by atoms with van der Waals surface area (Å²) in [5.74, 6) is -0.143. The molecule has 2 rings (SSSR count). The Morgan fingerprint density at radius 1 is 1.00 bits per heavy atom. The quantitative estimate of drug-likeness (QED) is 0.439. The van der Waals surface area contributed by atoms with Crippen LogP contribution in [0.2, 0.25) is 0 Å². The third-order valence-electron chi connectivity index (χ3n) is 5.93. The molecular formula is C27H41N3O3. The molecule has 0 saturated heterocycles. The van der Waals surface area contributed by atoms with Crippen molar-refractivity contribution >= 4 is 11.8 Å². The summed E-state index contributed by atoms with van der Waals surface area (Å²) in [6.07, 6.45) is 4.61. The van der Waals surface area contributed by atoms with E-state index in [1.165, 1.54) is 5.56 Å². The summed E-state index contributed by atoms with van der Waals surface area (Å²) in [5.41, 5.74) is 2.88. The fraction of sp³-hybridized carbons (Fsp3) is 0.556. The van der Waals surface area contributed by atoms with E-state index >= 15 is 0 Å². The first kappa shape index (κ1) is 26.7. The molecule has 182 valence electrons. The van der Waals surface area contributed by atoms with Crippen molar-refractivity contribution in [2.24, 2.45) is 7.05 Å². The number of hydrogen-bond donors (Lipinski definition) is 0. The zero-order valence-electron chi connectivity index (χ0n) is 21.3. The van der Waals surface area contributed by atoms with Crippen LogP contribution < -0.4 is 0 Å². The predicted molar refractivity (Wildman–Crippen MR) is 133 cm³/mol. The van der Waals surface area contributed by atoms with Crippen LogP contribution in [0.3, 0.4) is 0 Å². The van der Waals surface area contributed by atoms with Gasteiger partial charge in [-0.25, -0.2) is 0 Å². The van der Waals surface area contributed by atoms with E-state index in [9.17, 15) is 9.59 Å². The molecule has 1 aromatic heterocycles. The molecule has 0 aliphatic heterocycles. The molecule has 6 nitrogen and oxygen atoms in total. The predicted octanol–water partition coefficient (Wildman–Crippen LogP) is 4.63. The van der Waals surface area contributed by atoms with Gasteiger partial charge in [-0.3, -0.25) is 9.59 Å². The van der Waals surface area contributed by atoms with Gasteiger partial charge in [0.2, 0.25) is 5.91 Å². The van der Waals surface area contributed by atoms with Gasteiger partial charge < -0.3 is 19.1 Å². The number of nitrogens with zero attached hydrogens (tertiary/aromatic N) is 3. The summed E-state index contributed by atoms with van der Waals surface area (Å²) in [6, 6.07) is 11.8. The van der Waals surface area contributed by atoms with Crippen LogP contribution in [-0.2, 0) is 28.5 Å². The van der Waals surface area contributed by atoms with Crippen molar-refractivity contribution in [1.29, 1.82) is 0 Å². The van der Waals surface area contributed by atoms with Gasteiger partial charge in [-0.15, -0.1) is 0 Å². The Balaban J connectivity index is 2.19. The van der Waals surface area contributed by atoms with Crippen molar-refractivity contribution in [3.63, 3.8) is 0 Å². The van der Waals surface area contributed by atoms with Crippen LogP contribution in [0, 0.1) is 0 Å². The maximum absolute atomic E-state index is 13.4. The summed E-state index contributed by atoms with van der Waals surface area (Å²) in [5, 5.41) is 0. The van der Waals surface area contributed by atoms with Crippen molar-refractivity contribution in [2.75, 3.05) is 33.4 Å². The molecule has 2 aromatic rings. The second-order valence-corrected chi connectivity index (χ2v) is 9.68. The Morgan fingerprint density at radius 3 is 2.21 bits per heavy atom. The molecule has 1 aromatic carbocycles. The minimum atomic E-state index is -0.116. The first-order valence-electron chi connectivity index (χ1n) is 11.9. The van der Waals surface area contributed by atoms with Crippen LogP contribution in [0.25, 0.3) is 0 Å². The molecule has 2 amide bonds. The van der Waals surface area contributed by atoms with Gasteiger partial charge in [0.05, 0.1) is 6.54 Å². The number of carbonyl (C=O) groups is 2. The van der Waals surface area contributed by atoms with Crippen LogP contribution >= 0.6 is 0 Å². The zero-order valence-corrected chi connectivity index (χ0v) is 21.3. The lowest BCUT2D eigenvalue weighted by molar-refractivity contribution is -0.132. The first-order chi connectivity index (χ1) is 15.7. The lowest BCUT2D eigenvalue weighted by Gasteiger charge is -2.28. The van der Waals surface area contributed by atoms with E-state index in [0.717, 1.165) is 18.5 Å². The van der Waals surface area contributed by atoms with Gasteiger partial charge in [-0.2, -0.15) is 0 Å². The highest BCUT2D eigenvalue weighted by Gasteiger charge is 2.23. The van der Waals surface area contributed by atoms with Crippen molar-refractivity contribution in [3.8, 4) is 0 Å². The Kier molecular flexibility index (Phi) is 10.2. The molecule has 6 heteroatoms. The first-order valence-corrected chi connectivity index (χ1v) is 11.9. The SMILES string of the molecule is CCCCN(Cc1cccn1C)C(=O)CN(CCCOC)C(=O)c1ccc(C(C)(C)C)cc1. The highest BCUT2D eigenvalue weighted by Crippen LogP contribution is 2.22. The van der Waals surface area contributed by atoms with E-state index in [1.54, 1.807) is 12.0 Å². The lowest BCUT2D eigenvalue weighted by atomic mass is 9.86. The second-order valence-electron chi connectivity index (χ2n) is 9.68. The maximum atomic E-state index is 13.4. The molecule has 33 heavy (non-hydrogen) atoms.